The van der Waals surface area contributed by atoms with Crippen LogP contribution in [-0.4, -0.2) is 15.5 Å². The Kier molecular flexibility index (Phi) is 8.35. The minimum absolute atomic E-state index is 0.219. The lowest BCUT2D eigenvalue weighted by atomic mass is 10.1. The maximum Gasteiger partial charge on any atom is 0.123 e. The van der Waals surface area contributed by atoms with E-state index in [1.54, 1.807) is 42.9 Å². The van der Waals surface area contributed by atoms with Gasteiger partial charge >= 0.3 is 0 Å². The van der Waals surface area contributed by atoms with Crippen LogP contribution in [0.15, 0.2) is 78.2 Å². The van der Waals surface area contributed by atoms with Crippen LogP contribution in [0.25, 0.3) is 5.69 Å². The Bertz CT molecular complexity index is 1120. The van der Waals surface area contributed by atoms with Crippen LogP contribution in [0.3, 0.4) is 0 Å². The van der Waals surface area contributed by atoms with Crippen LogP contribution in [0.2, 0.25) is 5.02 Å². The number of nitriles is 1. The third-order valence-corrected chi connectivity index (χ3v) is 4.76. The second-order valence-corrected chi connectivity index (χ2v) is 6.87. The smallest absolute Gasteiger partial charge is 0.123 e. The van der Waals surface area contributed by atoms with E-state index in [0.717, 1.165) is 23.0 Å². The van der Waals surface area contributed by atoms with Crippen molar-refractivity contribution in [3.05, 3.63) is 94.9 Å². The summed E-state index contributed by atoms with van der Waals surface area (Å²) in [6.07, 6.45) is 5.52. The number of hydrogen-bond acceptors (Lipinski definition) is 5. The normalized spacial score (nSPS) is 12.6. The molecule has 2 rings (SSSR count). The van der Waals surface area contributed by atoms with Crippen molar-refractivity contribution >= 4 is 17.3 Å². The molecule has 0 atom stereocenters. The topological polar surface area (TPSA) is 75.2 Å². The molecule has 1 aromatic heterocycles. The first-order chi connectivity index (χ1) is 14.8. The number of nitrogens with one attached hydrogen (secondary N) is 1. The highest BCUT2D eigenvalue weighted by molar-refractivity contribution is 6.31. The molecule has 0 saturated heterocycles. The Morgan fingerprint density at radius 1 is 1.42 bits per heavy atom. The SMILES string of the molecule is C=CN/N=C(C)/C(/C=C(/F)C=C)=C(/C)OCc1cnn(-c2ccc(C#N)c(Cl)c2)c1C. The van der Waals surface area contributed by atoms with Crippen molar-refractivity contribution in [2.24, 2.45) is 5.10 Å². The first-order valence-corrected chi connectivity index (χ1v) is 9.68. The molecule has 0 saturated carbocycles. The van der Waals surface area contributed by atoms with Gasteiger partial charge in [0.25, 0.3) is 0 Å². The molecule has 1 heterocycles. The van der Waals surface area contributed by atoms with Crippen molar-refractivity contribution < 1.29 is 9.13 Å². The molecule has 0 radical (unpaired) electrons. The minimum atomic E-state index is -0.507. The molecule has 0 aliphatic rings. The lowest BCUT2D eigenvalue weighted by Gasteiger charge is -2.12. The summed E-state index contributed by atoms with van der Waals surface area (Å²) >= 11 is 6.14. The number of hydrogen-bond donors (Lipinski definition) is 1. The summed E-state index contributed by atoms with van der Waals surface area (Å²) in [5.41, 5.74) is 6.45. The number of aromatic nitrogens is 2. The lowest BCUT2D eigenvalue weighted by molar-refractivity contribution is 0.199. The third kappa shape index (κ3) is 5.93. The molecule has 2 aromatic rings. The number of halogens is 2. The fourth-order valence-electron chi connectivity index (χ4n) is 2.70. The Morgan fingerprint density at radius 3 is 2.77 bits per heavy atom. The maximum absolute atomic E-state index is 13.8. The third-order valence-electron chi connectivity index (χ3n) is 4.44. The van der Waals surface area contributed by atoms with Gasteiger partial charge in [-0.15, -0.1) is 0 Å². The van der Waals surface area contributed by atoms with E-state index in [9.17, 15) is 4.39 Å². The van der Waals surface area contributed by atoms with E-state index in [1.807, 2.05) is 13.0 Å². The van der Waals surface area contributed by atoms with E-state index >= 15 is 0 Å². The van der Waals surface area contributed by atoms with E-state index in [0.29, 0.717) is 27.6 Å². The highest BCUT2D eigenvalue weighted by Gasteiger charge is 2.12. The predicted molar refractivity (Wildman–Crippen MR) is 121 cm³/mol. The average Bonchev–Trinajstić information content (AvgIpc) is 3.13. The van der Waals surface area contributed by atoms with Gasteiger partial charge in [0, 0.05) is 23.0 Å². The molecule has 1 aromatic carbocycles. The first kappa shape index (κ1) is 23.6. The monoisotopic (exact) mass is 439 g/mol. The van der Waals surface area contributed by atoms with Crippen LogP contribution >= 0.6 is 11.6 Å². The highest BCUT2D eigenvalue weighted by atomic mass is 35.5. The summed E-state index contributed by atoms with van der Waals surface area (Å²) in [6, 6.07) is 7.13. The minimum Gasteiger partial charge on any atom is -0.493 e. The summed E-state index contributed by atoms with van der Waals surface area (Å²) in [7, 11) is 0. The second-order valence-electron chi connectivity index (χ2n) is 6.47. The number of benzene rings is 1. The Morgan fingerprint density at radius 2 is 2.16 bits per heavy atom. The maximum atomic E-state index is 13.8. The number of rotatable bonds is 9. The molecule has 0 amide bonds. The Balaban J connectivity index is 2.30. The number of ether oxygens (including phenoxy) is 1. The van der Waals surface area contributed by atoms with E-state index < -0.39 is 5.83 Å². The molecule has 6 nitrogen and oxygen atoms in total. The van der Waals surface area contributed by atoms with Crippen molar-refractivity contribution in [3.63, 3.8) is 0 Å². The molecule has 31 heavy (non-hydrogen) atoms. The van der Waals surface area contributed by atoms with Crippen LogP contribution < -0.4 is 5.43 Å². The Labute approximate surface area is 186 Å². The van der Waals surface area contributed by atoms with Crippen molar-refractivity contribution in [2.75, 3.05) is 0 Å². The van der Waals surface area contributed by atoms with Crippen molar-refractivity contribution in [1.82, 2.24) is 15.2 Å². The van der Waals surface area contributed by atoms with Crippen LogP contribution in [0.5, 0.6) is 0 Å². The summed E-state index contributed by atoms with van der Waals surface area (Å²) in [4.78, 5) is 0. The van der Waals surface area contributed by atoms with E-state index in [1.165, 1.54) is 12.3 Å². The average molecular weight is 440 g/mol. The summed E-state index contributed by atoms with van der Waals surface area (Å²) < 4.78 is 21.5. The lowest BCUT2D eigenvalue weighted by Crippen LogP contribution is -2.07. The van der Waals surface area contributed by atoms with Gasteiger partial charge in [0.2, 0.25) is 0 Å². The number of nitrogens with zero attached hydrogens (tertiary/aromatic N) is 4. The van der Waals surface area contributed by atoms with Gasteiger partial charge in [0.1, 0.15) is 24.3 Å². The van der Waals surface area contributed by atoms with Gasteiger partial charge in [-0.3, -0.25) is 5.43 Å². The molecule has 0 bridgehead atoms. The first-order valence-electron chi connectivity index (χ1n) is 9.30. The fraction of sp³-hybridized carbons (Fsp3) is 0.174. The van der Waals surface area contributed by atoms with Gasteiger partial charge < -0.3 is 4.74 Å². The molecule has 0 fully saturated rings. The molecule has 0 aliphatic carbocycles. The van der Waals surface area contributed by atoms with Crippen LogP contribution in [-0.2, 0) is 11.3 Å². The van der Waals surface area contributed by atoms with Crippen molar-refractivity contribution in [1.29, 1.82) is 5.26 Å². The number of hydrazone groups is 1. The summed E-state index contributed by atoms with van der Waals surface area (Å²) in [6.45, 7) is 12.5. The van der Waals surface area contributed by atoms with E-state index in [-0.39, 0.29) is 6.61 Å². The largest absolute Gasteiger partial charge is 0.493 e. The van der Waals surface area contributed by atoms with Gasteiger partial charge in [-0.05, 0) is 51.1 Å². The van der Waals surface area contributed by atoms with Crippen LogP contribution in [0, 0.1) is 18.3 Å². The Hall–Kier alpha value is -3.63. The highest BCUT2D eigenvalue weighted by Crippen LogP contribution is 2.22. The molecule has 0 spiro atoms. The van der Waals surface area contributed by atoms with Crippen molar-refractivity contribution in [2.45, 2.75) is 27.4 Å². The molecular formula is C23H23ClFN5O. The zero-order valence-electron chi connectivity index (χ0n) is 17.6. The predicted octanol–water partition coefficient (Wildman–Crippen LogP) is 5.64. The standard InChI is InChI=1S/C23H23ClFN5O/c1-6-20(25)10-22(15(3)29-27-7-2)17(5)31-14-19-13-28-30(16(19)4)21-9-8-18(12-26)23(24)11-21/h6-11,13,27H,1-2,14H2,3-5H3/b20-10+,22-17-,29-15+. The van der Waals surface area contributed by atoms with Gasteiger partial charge in [-0.2, -0.15) is 15.5 Å². The molecule has 160 valence electrons. The summed E-state index contributed by atoms with van der Waals surface area (Å²) in [5.74, 6) is -0.0227. The molecule has 8 heteroatoms. The zero-order valence-corrected chi connectivity index (χ0v) is 18.4. The van der Waals surface area contributed by atoms with Gasteiger partial charge in [0.15, 0.2) is 0 Å². The second kappa shape index (κ2) is 11.0. The fourth-order valence-corrected chi connectivity index (χ4v) is 2.91. The van der Waals surface area contributed by atoms with Crippen LogP contribution in [0.1, 0.15) is 30.7 Å². The van der Waals surface area contributed by atoms with Crippen LogP contribution in [0.4, 0.5) is 4.39 Å². The van der Waals surface area contributed by atoms with E-state index in [4.69, 9.17) is 21.6 Å². The quantitative estimate of drug-likeness (QED) is 0.237. The molecule has 0 aliphatic heterocycles. The molecule has 1 N–H and O–H groups in total. The molecule has 0 unspecified atom stereocenters. The van der Waals surface area contributed by atoms with Gasteiger partial charge in [-0.1, -0.05) is 24.8 Å². The zero-order chi connectivity index (χ0) is 23.0. The summed E-state index contributed by atoms with van der Waals surface area (Å²) in [5, 5.41) is 17.9. The van der Waals surface area contributed by atoms with E-state index in [2.05, 4.69) is 28.8 Å². The number of allylic oxidation sites excluding steroid dienone is 5. The molecular weight excluding hydrogens is 417 g/mol. The van der Waals surface area contributed by atoms with Gasteiger partial charge in [-0.25, -0.2) is 9.07 Å². The van der Waals surface area contributed by atoms with Gasteiger partial charge in [0.05, 0.1) is 28.2 Å². The van der Waals surface area contributed by atoms with Crippen molar-refractivity contribution in [3.8, 4) is 11.8 Å².